The fourth-order valence-corrected chi connectivity index (χ4v) is 3.35. The second-order valence-corrected chi connectivity index (χ2v) is 6.49. The second-order valence-electron chi connectivity index (χ2n) is 5.26. The smallest absolute Gasteiger partial charge is 0.329 e. The van der Waals surface area contributed by atoms with Gasteiger partial charge in [-0.05, 0) is 31.5 Å². The first-order valence-corrected chi connectivity index (χ1v) is 8.49. The molecule has 0 radical (unpaired) electrons. The van der Waals surface area contributed by atoms with Gasteiger partial charge in [-0.3, -0.25) is 9.59 Å². The van der Waals surface area contributed by atoms with Crippen molar-refractivity contribution in [2.24, 2.45) is 0 Å². The van der Waals surface area contributed by atoms with Crippen LogP contribution in [0.2, 0.25) is 0 Å². The Kier molecular flexibility index (Phi) is 6.04. The predicted octanol–water partition coefficient (Wildman–Crippen LogP) is 1.49. The number of benzene rings is 1. The summed E-state index contributed by atoms with van der Waals surface area (Å²) in [7, 11) is 0. The van der Waals surface area contributed by atoms with Gasteiger partial charge in [-0.25, -0.2) is 4.79 Å². The molecule has 2 amide bonds. The Bertz CT molecular complexity index is 605. The molecule has 0 spiro atoms. The van der Waals surface area contributed by atoms with E-state index in [1.54, 1.807) is 13.0 Å². The van der Waals surface area contributed by atoms with Gasteiger partial charge in [0.2, 0.25) is 11.8 Å². The third-order valence-corrected chi connectivity index (χ3v) is 4.63. The van der Waals surface area contributed by atoms with Gasteiger partial charge in [0.25, 0.3) is 0 Å². The Labute approximate surface area is 139 Å². The fourth-order valence-electron chi connectivity index (χ4n) is 2.22. The first-order chi connectivity index (χ1) is 11.0. The molecule has 0 aromatic heterocycles. The standard InChI is InChI=1S/C16H20N2O4S/c1-3-22-16(21)12-9-23-13(15(20)18-12)8-14(19)17-11-6-4-5-10(2)7-11/h4-7,12-13H,3,8-9H2,1-2H3,(H,17,19)(H,18,20)/t12-,13-/m1/s1. The van der Waals surface area contributed by atoms with Crippen molar-refractivity contribution < 1.29 is 19.1 Å². The number of amides is 2. The van der Waals surface area contributed by atoms with E-state index >= 15 is 0 Å². The van der Waals surface area contributed by atoms with E-state index in [4.69, 9.17) is 4.74 Å². The van der Waals surface area contributed by atoms with E-state index in [9.17, 15) is 14.4 Å². The van der Waals surface area contributed by atoms with Crippen LogP contribution in [0, 0.1) is 6.92 Å². The minimum absolute atomic E-state index is 0.0694. The molecule has 124 valence electrons. The second kappa shape index (κ2) is 8.01. The number of carbonyl (C=O) groups excluding carboxylic acids is 3. The molecule has 2 atom stereocenters. The number of anilines is 1. The lowest BCUT2D eigenvalue weighted by molar-refractivity contribution is -0.146. The van der Waals surface area contributed by atoms with Crippen molar-refractivity contribution in [2.45, 2.75) is 31.6 Å². The van der Waals surface area contributed by atoms with Crippen LogP contribution in [0.3, 0.4) is 0 Å². The molecule has 2 N–H and O–H groups in total. The molecule has 2 rings (SSSR count). The van der Waals surface area contributed by atoms with Crippen molar-refractivity contribution in [3.63, 3.8) is 0 Å². The lowest BCUT2D eigenvalue weighted by Gasteiger charge is -2.27. The van der Waals surface area contributed by atoms with Gasteiger partial charge in [0, 0.05) is 17.9 Å². The first-order valence-electron chi connectivity index (χ1n) is 7.44. The van der Waals surface area contributed by atoms with Crippen LogP contribution in [0.25, 0.3) is 0 Å². The molecule has 0 saturated carbocycles. The van der Waals surface area contributed by atoms with Crippen molar-refractivity contribution in [3.8, 4) is 0 Å². The van der Waals surface area contributed by atoms with E-state index < -0.39 is 17.3 Å². The minimum atomic E-state index is -0.636. The van der Waals surface area contributed by atoms with Gasteiger partial charge in [0.1, 0.15) is 6.04 Å². The van der Waals surface area contributed by atoms with E-state index in [0.29, 0.717) is 11.4 Å². The van der Waals surface area contributed by atoms with Crippen LogP contribution in [-0.2, 0) is 19.1 Å². The number of esters is 1. The highest BCUT2D eigenvalue weighted by molar-refractivity contribution is 8.00. The monoisotopic (exact) mass is 336 g/mol. The lowest BCUT2D eigenvalue weighted by atomic mass is 10.2. The summed E-state index contributed by atoms with van der Waals surface area (Å²) in [6.07, 6.45) is 0.0694. The molecule has 1 aliphatic rings. The molecule has 1 heterocycles. The molecule has 1 aliphatic heterocycles. The average molecular weight is 336 g/mol. The summed E-state index contributed by atoms with van der Waals surface area (Å²) in [5.41, 5.74) is 1.76. The Morgan fingerprint density at radius 1 is 1.43 bits per heavy atom. The zero-order chi connectivity index (χ0) is 16.8. The van der Waals surface area contributed by atoms with Crippen LogP contribution in [0.1, 0.15) is 18.9 Å². The van der Waals surface area contributed by atoms with Gasteiger partial charge >= 0.3 is 5.97 Å². The SMILES string of the molecule is CCOC(=O)[C@H]1CS[C@H](CC(=O)Nc2cccc(C)c2)C(=O)N1. The number of hydrogen-bond acceptors (Lipinski definition) is 5. The van der Waals surface area contributed by atoms with E-state index in [1.807, 2.05) is 25.1 Å². The van der Waals surface area contributed by atoms with E-state index in [-0.39, 0.29) is 24.8 Å². The molecule has 0 unspecified atom stereocenters. The fraction of sp³-hybridized carbons (Fsp3) is 0.438. The highest BCUT2D eigenvalue weighted by Crippen LogP contribution is 2.22. The molecular weight excluding hydrogens is 316 g/mol. The first kappa shape index (κ1) is 17.3. The maximum absolute atomic E-state index is 12.1. The Morgan fingerprint density at radius 2 is 2.22 bits per heavy atom. The Hall–Kier alpha value is -2.02. The molecule has 7 heteroatoms. The zero-order valence-electron chi connectivity index (χ0n) is 13.1. The van der Waals surface area contributed by atoms with Gasteiger partial charge < -0.3 is 15.4 Å². The molecule has 0 bridgehead atoms. The van der Waals surface area contributed by atoms with Crippen molar-refractivity contribution in [2.75, 3.05) is 17.7 Å². The summed E-state index contributed by atoms with van der Waals surface area (Å²) in [5.74, 6) is -0.556. The summed E-state index contributed by atoms with van der Waals surface area (Å²) in [4.78, 5) is 35.7. The van der Waals surface area contributed by atoms with Crippen molar-refractivity contribution in [1.29, 1.82) is 0 Å². The number of thioether (sulfide) groups is 1. The van der Waals surface area contributed by atoms with Gasteiger partial charge in [0.15, 0.2) is 0 Å². The van der Waals surface area contributed by atoms with Gasteiger partial charge in [-0.1, -0.05) is 12.1 Å². The third kappa shape index (κ3) is 4.99. The summed E-state index contributed by atoms with van der Waals surface area (Å²) in [6, 6.07) is 6.83. The van der Waals surface area contributed by atoms with Gasteiger partial charge in [-0.2, -0.15) is 0 Å². The molecule has 1 aromatic carbocycles. The van der Waals surface area contributed by atoms with Crippen LogP contribution >= 0.6 is 11.8 Å². The highest BCUT2D eigenvalue weighted by Gasteiger charge is 2.34. The van der Waals surface area contributed by atoms with Crippen LogP contribution in [0.5, 0.6) is 0 Å². The number of rotatable bonds is 5. The van der Waals surface area contributed by atoms with Crippen LogP contribution in [0.4, 0.5) is 5.69 Å². The van der Waals surface area contributed by atoms with Gasteiger partial charge in [-0.15, -0.1) is 11.8 Å². The lowest BCUT2D eigenvalue weighted by Crippen LogP contribution is -2.51. The normalized spacial score (nSPS) is 20.5. The number of aryl methyl sites for hydroxylation is 1. The highest BCUT2D eigenvalue weighted by atomic mass is 32.2. The number of ether oxygens (including phenoxy) is 1. The largest absolute Gasteiger partial charge is 0.464 e. The minimum Gasteiger partial charge on any atom is -0.464 e. The summed E-state index contributed by atoms with van der Waals surface area (Å²) in [5, 5.41) is 4.90. The maximum Gasteiger partial charge on any atom is 0.329 e. The predicted molar refractivity (Wildman–Crippen MR) is 89.2 cm³/mol. The summed E-state index contributed by atoms with van der Waals surface area (Å²) < 4.78 is 4.89. The Balaban J connectivity index is 1.85. The molecule has 1 aromatic rings. The molecule has 1 saturated heterocycles. The molecule has 23 heavy (non-hydrogen) atoms. The topological polar surface area (TPSA) is 84.5 Å². The number of nitrogens with one attached hydrogen (secondary N) is 2. The summed E-state index contributed by atoms with van der Waals surface area (Å²) >= 11 is 1.30. The van der Waals surface area contributed by atoms with Crippen molar-refractivity contribution >= 4 is 35.2 Å². The average Bonchev–Trinajstić information content (AvgIpc) is 2.49. The van der Waals surface area contributed by atoms with Crippen LogP contribution in [-0.4, -0.2) is 41.4 Å². The quantitative estimate of drug-likeness (QED) is 0.796. The third-order valence-electron chi connectivity index (χ3n) is 3.32. The van der Waals surface area contributed by atoms with Gasteiger partial charge in [0.05, 0.1) is 11.9 Å². The molecule has 6 nitrogen and oxygen atoms in total. The number of carbonyl (C=O) groups is 3. The molecule has 0 aliphatic carbocycles. The maximum atomic E-state index is 12.1. The van der Waals surface area contributed by atoms with Crippen molar-refractivity contribution in [3.05, 3.63) is 29.8 Å². The molecular formula is C16H20N2O4S. The summed E-state index contributed by atoms with van der Waals surface area (Å²) in [6.45, 7) is 3.93. The number of hydrogen-bond donors (Lipinski definition) is 2. The van der Waals surface area contributed by atoms with E-state index in [0.717, 1.165) is 5.56 Å². The van der Waals surface area contributed by atoms with Crippen LogP contribution in [0.15, 0.2) is 24.3 Å². The zero-order valence-corrected chi connectivity index (χ0v) is 13.9. The van der Waals surface area contributed by atoms with Crippen LogP contribution < -0.4 is 10.6 Å². The van der Waals surface area contributed by atoms with E-state index in [2.05, 4.69) is 10.6 Å². The van der Waals surface area contributed by atoms with E-state index in [1.165, 1.54) is 11.8 Å². The Morgan fingerprint density at radius 3 is 2.87 bits per heavy atom. The molecule has 1 fully saturated rings. The van der Waals surface area contributed by atoms with Crippen molar-refractivity contribution in [1.82, 2.24) is 5.32 Å².